The van der Waals surface area contributed by atoms with Crippen LogP contribution in [-0.2, 0) is 4.74 Å². The quantitative estimate of drug-likeness (QED) is 0.0885. The van der Waals surface area contributed by atoms with Crippen LogP contribution in [0, 0.1) is 46.3 Å². The molecule has 3 saturated carbocycles. The molecule has 0 saturated heterocycles. The normalized spacial score (nSPS) is 29.3. The smallest absolute Gasteiger partial charge is 0.119 e. The van der Waals surface area contributed by atoms with E-state index in [-0.39, 0.29) is 0 Å². The van der Waals surface area contributed by atoms with E-state index in [9.17, 15) is 0 Å². The second-order valence-electron chi connectivity index (χ2n) is 19.6. The van der Waals surface area contributed by atoms with Crippen molar-refractivity contribution in [1.29, 1.82) is 0 Å². The Morgan fingerprint density at radius 3 is 1.89 bits per heavy atom. The molecule has 0 aliphatic heterocycles. The van der Waals surface area contributed by atoms with Gasteiger partial charge in [0.2, 0.25) is 0 Å². The molecule has 8 atom stereocenters. The minimum atomic E-state index is 0.428. The number of allylic oxidation sites excluding steroid dienone is 1. The Morgan fingerprint density at radius 1 is 0.636 bits per heavy atom. The summed E-state index contributed by atoms with van der Waals surface area (Å²) in [5, 5.41) is 0. The van der Waals surface area contributed by atoms with Crippen LogP contribution in [0.25, 0.3) is 11.1 Å². The fourth-order valence-corrected chi connectivity index (χ4v) is 12.1. The van der Waals surface area contributed by atoms with Crippen molar-refractivity contribution >= 4 is 0 Å². The van der Waals surface area contributed by atoms with Crippen LogP contribution in [0.1, 0.15) is 170 Å². The first-order chi connectivity index (χ1) is 26.7. The molecule has 4 aliphatic rings. The van der Waals surface area contributed by atoms with Gasteiger partial charge in [-0.2, -0.15) is 0 Å². The maximum Gasteiger partial charge on any atom is 0.119 e. The SMILES string of the molecule is CCCCOc1ccc(-c2ccc(OCCCCCCCCCO[C@H]3CC[C@@]4(C)C(=CC[C@H]5[C@@H]6CC[C@H]([C@H](C)CCCC(C)C)[C@@]6(C)CC[C@@H]54)C3)cc2)cc1. The van der Waals surface area contributed by atoms with Crippen LogP contribution in [0.3, 0.4) is 0 Å². The highest BCUT2D eigenvalue weighted by atomic mass is 16.5. The zero-order valence-corrected chi connectivity index (χ0v) is 36.2. The second kappa shape index (κ2) is 20.4. The van der Waals surface area contributed by atoms with Crippen LogP contribution in [0.2, 0.25) is 0 Å². The number of unbranched alkanes of at least 4 members (excludes halogenated alkanes) is 7. The molecular weight excluding hydrogens is 673 g/mol. The van der Waals surface area contributed by atoms with E-state index in [2.05, 4.69) is 96.1 Å². The van der Waals surface area contributed by atoms with E-state index in [1.165, 1.54) is 120 Å². The van der Waals surface area contributed by atoms with Gasteiger partial charge in [0.15, 0.2) is 0 Å². The third-order valence-electron chi connectivity index (χ3n) is 15.5. The third kappa shape index (κ3) is 10.8. The van der Waals surface area contributed by atoms with Crippen molar-refractivity contribution in [3.63, 3.8) is 0 Å². The lowest BCUT2D eigenvalue weighted by Crippen LogP contribution is -2.51. The lowest BCUT2D eigenvalue weighted by atomic mass is 9.47. The molecule has 2 aromatic carbocycles. The van der Waals surface area contributed by atoms with Gasteiger partial charge in [-0.3, -0.25) is 0 Å². The van der Waals surface area contributed by atoms with Crippen molar-refractivity contribution in [1.82, 2.24) is 0 Å². The Labute approximate surface area is 338 Å². The molecule has 0 amide bonds. The largest absolute Gasteiger partial charge is 0.494 e. The number of fused-ring (bicyclic) bond motifs is 5. The van der Waals surface area contributed by atoms with Gasteiger partial charge in [-0.25, -0.2) is 0 Å². The second-order valence-corrected chi connectivity index (χ2v) is 19.6. The first kappa shape index (κ1) is 42.3. The van der Waals surface area contributed by atoms with Gasteiger partial charge in [0, 0.05) is 6.61 Å². The van der Waals surface area contributed by atoms with Crippen molar-refractivity contribution in [2.45, 2.75) is 176 Å². The van der Waals surface area contributed by atoms with E-state index < -0.39 is 0 Å². The molecule has 0 bridgehead atoms. The van der Waals surface area contributed by atoms with Crippen molar-refractivity contribution in [3.8, 4) is 22.6 Å². The average molecular weight is 753 g/mol. The average Bonchev–Trinajstić information content (AvgIpc) is 3.55. The van der Waals surface area contributed by atoms with E-state index in [4.69, 9.17) is 14.2 Å². The molecule has 6 rings (SSSR count). The molecule has 3 fully saturated rings. The molecule has 0 spiro atoms. The zero-order valence-electron chi connectivity index (χ0n) is 36.2. The Bertz CT molecular complexity index is 1440. The van der Waals surface area contributed by atoms with Gasteiger partial charge in [-0.1, -0.05) is 135 Å². The molecule has 0 unspecified atom stereocenters. The predicted octanol–water partition coefficient (Wildman–Crippen LogP) is 15.1. The lowest BCUT2D eigenvalue weighted by Gasteiger charge is -2.58. The molecule has 0 radical (unpaired) electrons. The Morgan fingerprint density at radius 2 is 1.25 bits per heavy atom. The molecule has 55 heavy (non-hydrogen) atoms. The molecule has 4 aliphatic carbocycles. The number of ether oxygens (including phenoxy) is 3. The first-order valence-electron chi connectivity index (χ1n) is 23.5. The molecule has 0 N–H and O–H groups in total. The molecule has 0 heterocycles. The van der Waals surface area contributed by atoms with Crippen LogP contribution in [0.5, 0.6) is 11.5 Å². The fraction of sp³-hybridized carbons (Fsp3) is 0.731. The Balaban J connectivity index is 0.815. The van der Waals surface area contributed by atoms with Gasteiger partial charge in [0.25, 0.3) is 0 Å². The summed E-state index contributed by atoms with van der Waals surface area (Å²) in [5.74, 6) is 7.40. The Kier molecular flexibility index (Phi) is 15.7. The lowest BCUT2D eigenvalue weighted by molar-refractivity contribution is -0.0641. The summed E-state index contributed by atoms with van der Waals surface area (Å²) >= 11 is 0. The van der Waals surface area contributed by atoms with Gasteiger partial charge >= 0.3 is 0 Å². The minimum absolute atomic E-state index is 0.428. The summed E-state index contributed by atoms with van der Waals surface area (Å²) in [5.41, 5.74) is 5.21. The summed E-state index contributed by atoms with van der Waals surface area (Å²) < 4.78 is 18.4. The molecule has 2 aromatic rings. The maximum atomic E-state index is 6.58. The van der Waals surface area contributed by atoms with Crippen LogP contribution < -0.4 is 9.47 Å². The van der Waals surface area contributed by atoms with Crippen molar-refractivity contribution in [2.75, 3.05) is 19.8 Å². The van der Waals surface area contributed by atoms with Crippen molar-refractivity contribution in [3.05, 3.63) is 60.2 Å². The summed E-state index contributed by atoms with van der Waals surface area (Å²) in [6, 6.07) is 16.9. The van der Waals surface area contributed by atoms with Gasteiger partial charge in [-0.15, -0.1) is 0 Å². The van der Waals surface area contributed by atoms with Gasteiger partial charge in [0.1, 0.15) is 11.5 Å². The topological polar surface area (TPSA) is 27.7 Å². The van der Waals surface area contributed by atoms with Crippen molar-refractivity contribution in [2.24, 2.45) is 46.3 Å². The number of benzene rings is 2. The third-order valence-corrected chi connectivity index (χ3v) is 15.5. The summed E-state index contributed by atoms with van der Waals surface area (Å²) in [7, 11) is 0. The van der Waals surface area contributed by atoms with Crippen LogP contribution >= 0.6 is 0 Å². The summed E-state index contributed by atoms with van der Waals surface area (Å²) in [4.78, 5) is 0. The van der Waals surface area contributed by atoms with E-state index in [1.807, 2.05) is 0 Å². The highest BCUT2D eigenvalue weighted by Gasteiger charge is 2.59. The monoisotopic (exact) mass is 753 g/mol. The standard InChI is InChI=1S/C52H80O3/c1-7-8-35-53-44-24-19-41(20-25-44)42-21-26-45(27-22-42)54-36-14-12-10-9-11-13-15-37-55-46-31-33-51(5)43(38-46)23-28-47-49-30-29-48(40(4)18-16-17-39(2)3)52(49,6)34-32-50(47)51/h19-27,39-40,46-50H,7-18,28-38H2,1-6H3/t40-,46+,47+,48-,49+,50+,51+,52-/m1/s1. The first-order valence-corrected chi connectivity index (χ1v) is 23.5. The van der Waals surface area contributed by atoms with E-state index in [0.29, 0.717) is 16.9 Å². The molecule has 0 aromatic heterocycles. The van der Waals surface area contributed by atoms with E-state index >= 15 is 0 Å². The number of hydrogen-bond donors (Lipinski definition) is 0. The summed E-state index contributed by atoms with van der Waals surface area (Å²) in [6.45, 7) is 17.5. The van der Waals surface area contributed by atoms with Gasteiger partial charge in [-0.05, 0) is 152 Å². The van der Waals surface area contributed by atoms with Crippen LogP contribution in [-0.4, -0.2) is 25.9 Å². The predicted molar refractivity (Wildman–Crippen MR) is 233 cm³/mol. The fourth-order valence-electron chi connectivity index (χ4n) is 12.1. The Hall–Kier alpha value is -2.26. The van der Waals surface area contributed by atoms with E-state index in [1.54, 1.807) is 5.57 Å². The van der Waals surface area contributed by atoms with Crippen molar-refractivity contribution < 1.29 is 14.2 Å². The highest BCUT2D eigenvalue weighted by Crippen LogP contribution is 2.67. The van der Waals surface area contributed by atoms with E-state index in [0.717, 1.165) is 86.1 Å². The number of hydrogen-bond acceptors (Lipinski definition) is 3. The zero-order chi connectivity index (χ0) is 38.7. The number of rotatable bonds is 22. The minimum Gasteiger partial charge on any atom is -0.494 e. The highest BCUT2D eigenvalue weighted by molar-refractivity contribution is 5.64. The van der Waals surface area contributed by atoms with Gasteiger partial charge in [0.05, 0.1) is 19.3 Å². The molecule has 306 valence electrons. The molecule has 3 nitrogen and oxygen atoms in total. The molecule has 3 heteroatoms. The van der Waals surface area contributed by atoms with Crippen LogP contribution in [0.15, 0.2) is 60.2 Å². The van der Waals surface area contributed by atoms with Gasteiger partial charge < -0.3 is 14.2 Å². The van der Waals surface area contributed by atoms with Crippen LogP contribution in [0.4, 0.5) is 0 Å². The molecular formula is C52H80O3. The maximum absolute atomic E-state index is 6.58. The summed E-state index contributed by atoms with van der Waals surface area (Å²) in [6.07, 6.45) is 29.7.